The van der Waals surface area contributed by atoms with Gasteiger partial charge in [-0.15, -0.1) is 0 Å². The van der Waals surface area contributed by atoms with Crippen LogP contribution in [0.25, 0.3) is 0 Å². The molecule has 0 spiro atoms. The van der Waals surface area contributed by atoms with Crippen molar-refractivity contribution >= 4 is 15.9 Å². The lowest BCUT2D eigenvalue weighted by Crippen LogP contribution is -2.31. The van der Waals surface area contributed by atoms with Crippen LogP contribution in [0.2, 0.25) is 0 Å². The van der Waals surface area contributed by atoms with Crippen molar-refractivity contribution in [1.82, 2.24) is 15.1 Å². The Labute approximate surface area is 87.0 Å². The summed E-state index contributed by atoms with van der Waals surface area (Å²) in [7, 11) is 0. The summed E-state index contributed by atoms with van der Waals surface area (Å²) >= 11 is 3.30. The molecule has 1 aromatic heterocycles. The molecule has 1 unspecified atom stereocenters. The summed E-state index contributed by atoms with van der Waals surface area (Å²) in [6, 6.07) is 2.32. The Morgan fingerprint density at radius 3 is 3.08 bits per heavy atom. The Bertz CT molecular complexity index is 256. The van der Waals surface area contributed by atoms with E-state index in [4.69, 9.17) is 0 Å². The minimum atomic E-state index is 0.397. The fourth-order valence-corrected chi connectivity index (χ4v) is 1.20. The van der Waals surface area contributed by atoms with Crippen LogP contribution in [0.1, 0.15) is 6.92 Å². The van der Waals surface area contributed by atoms with E-state index in [1.807, 2.05) is 16.9 Å². The molecular weight excluding hydrogens is 230 g/mol. The monoisotopic (exact) mass is 243 g/mol. The fraction of sp³-hybridized carbons (Fsp3) is 0.444. The average Bonchev–Trinajstić information content (AvgIpc) is 2.53. The molecule has 1 N–H and O–H groups in total. The molecule has 72 valence electrons. The van der Waals surface area contributed by atoms with Gasteiger partial charge in [-0.05, 0) is 13.0 Å². The summed E-state index contributed by atoms with van der Waals surface area (Å²) in [6.45, 7) is 7.55. The van der Waals surface area contributed by atoms with Crippen molar-refractivity contribution in [2.75, 3.05) is 6.54 Å². The van der Waals surface area contributed by atoms with Gasteiger partial charge in [0.2, 0.25) is 0 Å². The van der Waals surface area contributed by atoms with Gasteiger partial charge < -0.3 is 5.32 Å². The minimum Gasteiger partial charge on any atom is -0.308 e. The Hall–Kier alpha value is -0.610. The molecule has 0 saturated carbocycles. The van der Waals surface area contributed by atoms with Crippen molar-refractivity contribution in [3.8, 4) is 0 Å². The first kappa shape index (κ1) is 10.5. The molecule has 0 fully saturated rings. The van der Waals surface area contributed by atoms with Crippen molar-refractivity contribution in [2.24, 2.45) is 0 Å². The van der Waals surface area contributed by atoms with E-state index in [1.54, 1.807) is 6.20 Å². The van der Waals surface area contributed by atoms with Crippen LogP contribution in [-0.4, -0.2) is 22.4 Å². The van der Waals surface area contributed by atoms with Crippen molar-refractivity contribution in [2.45, 2.75) is 19.5 Å². The summed E-state index contributed by atoms with van der Waals surface area (Å²) in [6.07, 6.45) is 3.75. The largest absolute Gasteiger partial charge is 0.308 e. The lowest BCUT2D eigenvalue weighted by atomic mass is 10.3. The molecule has 0 aliphatic heterocycles. The highest BCUT2D eigenvalue weighted by Gasteiger charge is 2.01. The molecule has 0 amide bonds. The molecule has 3 nitrogen and oxygen atoms in total. The van der Waals surface area contributed by atoms with Crippen LogP contribution >= 0.6 is 15.9 Å². The fourth-order valence-electron chi connectivity index (χ4n) is 1.04. The van der Waals surface area contributed by atoms with Gasteiger partial charge in [-0.25, -0.2) is 0 Å². The van der Waals surface area contributed by atoms with Gasteiger partial charge in [0.15, 0.2) is 0 Å². The molecule has 0 bridgehead atoms. The second-order valence-electron chi connectivity index (χ2n) is 3.03. The van der Waals surface area contributed by atoms with E-state index in [1.165, 1.54) is 0 Å². The Balaban J connectivity index is 2.25. The van der Waals surface area contributed by atoms with Crippen LogP contribution in [0.3, 0.4) is 0 Å². The van der Waals surface area contributed by atoms with Crippen LogP contribution in [0.15, 0.2) is 29.5 Å². The molecule has 4 heteroatoms. The Morgan fingerprint density at radius 1 is 1.77 bits per heavy atom. The van der Waals surface area contributed by atoms with Gasteiger partial charge in [-0.3, -0.25) is 4.68 Å². The second kappa shape index (κ2) is 5.19. The van der Waals surface area contributed by atoms with Crippen LogP contribution in [-0.2, 0) is 6.54 Å². The van der Waals surface area contributed by atoms with Crippen LogP contribution < -0.4 is 5.32 Å². The standard InChI is InChI=1S/C9H14BrN3/c1-8(10)6-11-9(2)7-13-5-3-4-12-13/h3-5,9,11H,1,6-7H2,2H3. The number of halogens is 1. The summed E-state index contributed by atoms with van der Waals surface area (Å²) in [5.74, 6) is 0. The number of aromatic nitrogens is 2. The van der Waals surface area contributed by atoms with Crippen molar-refractivity contribution in [3.05, 3.63) is 29.5 Å². The predicted octanol–water partition coefficient (Wildman–Crippen LogP) is 1.77. The normalized spacial score (nSPS) is 12.8. The first-order valence-corrected chi connectivity index (χ1v) is 5.02. The van der Waals surface area contributed by atoms with E-state index in [0.717, 1.165) is 17.6 Å². The molecule has 1 aromatic rings. The van der Waals surface area contributed by atoms with Crippen LogP contribution in [0.5, 0.6) is 0 Å². The van der Waals surface area contributed by atoms with Gasteiger partial charge in [0.25, 0.3) is 0 Å². The predicted molar refractivity (Wildman–Crippen MR) is 57.8 cm³/mol. The SMILES string of the molecule is C=C(Br)CNC(C)Cn1cccn1. The third-order valence-corrected chi connectivity index (χ3v) is 1.94. The van der Waals surface area contributed by atoms with Gasteiger partial charge >= 0.3 is 0 Å². The lowest BCUT2D eigenvalue weighted by Gasteiger charge is -2.12. The first-order chi connectivity index (χ1) is 6.18. The highest BCUT2D eigenvalue weighted by Crippen LogP contribution is 1.98. The molecule has 13 heavy (non-hydrogen) atoms. The summed E-state index contributed by atoms with van der Waals surface area (Å²) < 4.78 is 2.88. The molecule has 1 heterocycles. The van der Waals surface area contributed by atoms with E-state index >= 15 is 0 Å². The van der Waals surface area contributed by atoms with Gasteiger partial charge in [0.1, 0.15) is 0 Å². The van der Waals surface area contributed by atoms with Crippen molar-refractivity contribution < 1.29 is 0 Å². The number of hydrogen-bond donors (Lipinski definition) is 1. The number of hydrogen-bond acceptors (Lipinski definition) is 2. The highest BCUT2D eigenvalue weighted by molar-refractivity contribution is 9.11. The second-order valence-corrected chi connectivity index (χ2v) is 4.15. The minimum absolute atomic E-state index is 0.397. The number of nitrogens with one attached hydrogen (secondary N) is 1. The molecule has 0 aromatic carbocycles. The molecule has 0 radical (unpaired) electrons. The molecule has 1 rings (SSSR count). The van der Waals surface area contributed by atoms with Gasteiger partial charge in [-0.1, -0.05) is 22.5 Å². The molecule has 0 aliphatic carbocycles. The molecule has 0 aliphatic rings. The number of nitrogens with zero attached hydrogens (tertiary/aromatic N) is 2. The maximum atomic E-state index is 4.13. The zero-order valence-electron chi connectivity index (χ0n) is 7.70. The summed E-state index contributed by atoms with van der Waals surface area (Å²) in [5.41, 5.74) is 0. The first-order valence-electron chi connectivity index (χ1n) is 4.22. The Kier molecular flexibility index (Phi) is 4.18. The summed E-state index contributed by atoms with van der Waals surface area (Å²) in [5, 5.41) is 7.44. The molecule has 1 atom stereocenters. The third kappa shape index (κ3) is 4.24. The average molecular weight is 244 g/mol. The molecule has 0 saturated heterocycles. The van der Waals surface area contributed by atoms with Gasteiger partial charge in [0.05, 0.1) is 6.54 Å². The van der Waals surface area contributed by atoms with Crippen LogP contribution in [0.4, 0.5) is 0 Å². The van der Waals surface area contributed by atoms with Crippen molar-refractivity contribution in [1.29, 1.82) is 0 Å². The van der Waals surface area contributed by atoms with E-state index < -0.39 is 0 Å². The maximum Gasteiger partial charge on any atom is 0.0560 e. The van der Waals surface area contributed by atoms with E-state index in [-0.39, 0.29) is 0 Å². The Morgan fingerprint density at radius 2 is 2.54 bits per heavy atom. The van der Waals surface area contributed by atoms with E-state index in [9.17, 15) is 0 Å². The van der Waals surface area contributed by atoms with Crippen molar-refractivity contribution in [3.63, 3.8) is 0 Å². The quantitative estimate of drug-likeness (QED) is 0.855. The topological polar surface area (TPSA) is 29.9 Å². The zero-order valence-corrected chi connectivity index (χ0v) is 9.29. The van der Waals surface area contributed by atoms with Gasteiger partial charge in [-0.2, -0.15) is 5.10 Å². The third-order valence-electron chi connectivity index (χ3n) is 1.66. The van der Waals surface area contributed by atoms with Gasteiger partial charge in [0, 0.05) is 29.5 Å². The lowest BCUT2D eigenvalue weighted by molar-refractivity contribution is 0.468. The highest BCUT2D eigenvalue weighted by atomic mass is 79.9. The maximum absolute atomic E-state index is 4.13. The summed E-state index contributed by atoms with van der Waals surface area (Å²) in [4.78, 5) is 0. The van der Waals surface area contributed by atoms with Crippen LogP contribution in [0, 0.1) is 0 Å². The number of rotatable bonds is 5. The van der Waals surface area contributed by atoms with E-state index in [0.29, 0.717) is 6.04 Å². The molecular formula is C9H14BrN3. The zero-order chi connectivity index (χ0) is 9.68. The van der Waals surface area contributed by atoms with E-state index in [2.05, 4.69) is 39.8 Å². The smallest absolute Gasteiger partial charge is 0.0560 e.